The summed E-state index contributed by atoms with van der Waals surface area (Å²) in [7, 11) is 0. The van der Waals surface area contributed by atoms with Crippen LogP contribution in [0.4, 0.5) is 13.2 Å². The number of halogens is 3. The number of piperazine rings is 1. The minimum atomic E-state index is -4.42. The molecule has 0 N–H and O–H groups in total. The van der Waals surface area contributed by atoms with E-state index in [1.807, 2.05) is 13.8 Å². The van der Waals surface area contributed by atoms with E-state index in [4.69, 9.17) is 0 Å². The fraction of sp³-hybridized carbons (Fsp3) is 0.636. The molecule has 158 valence electrons. The van der Waals surface area contributed by atoms with E-state index in [0.717, 1.165) is 25.0 Å². The Balaban J connectivity index is 1.81. The average Bonchev–Trinajstić information content (AvgIpc) is 3.19. The highest BCUT2D eigenvalue weighted by atomic mass is 19.4. The molecular formula is C22H28F3N3O. The second-order valence-electron chi connectivity index (χ2n) is 8.51. The van der Waals surface area contributed by atoms with Crippen molar-refractivity contribution in [3.8, 4) is 6.07 Å². The summed E-state index contributed by atoms with van der Waals surface area (Å²) in [6.45, 7) is 6.25. The van der Waals surface area contributed by atoms with Crippen LogP contribution < -0.4 is 0 Å². The maximum atomic E-state index is 13.5. The number of nitrogens with zero attached hydrogens (tertiary/aromatic N) is 3. The normalized spacial score (nSPS) is 21.2. The van der Waals surface area contributed by atoms with E-state index >= 15 is 0 Å². The van der Waals surface area contributed by atoms with E-state index < -0.39 is 17.2 Å². The van der Waals surface area contributed by atoms with Gasteiger partial charge in [-0.3, -0.25) is 9.69 Å². The molecule has 0 aromatic heterocycles. The predicted molar refractivity (Wildman–Crippen MR) is 104 cm³/mol. The molecule has 0 spiro atoms. The minimum Gasteiger partial charge on any atom is -0.339 e. The number of hydrogen-bond donors (Lipinski definition) is 0. The molecule has 1 aliphatic heterocycles. The van der Waals surface area contributed by atoms with Crippen LogP contribution in [0.1, 0.15) is 50.7 Å². The van der Waals surface area contributed by atoms with Crippen molar-refractivity contribution in [1.82, 2.24) is 9.80 Å². The van der Waals surface area contributed by atoms with Gasteiger partial charge in [0.15, 0.2) is 0 Å². The summed E-state index contributed by atoms with van der Waals surface area (Å²) in [5, 5.41) is 9.41. The zero-order valence-electron chi connectivity index (χ0n) is 17.0. The van der Waals surface area contributed by atoms with Crippen LogP contribution >= 0.6 is 0 Å². The number of nitriles is 1. The summed E-state index contributed by atoms with van der Waals surface area (Å²) < 4.78 is 39.7. The van der Waals surface area contributed by atoms with Crippen LogP contribution in [-0.4, -0.2) is 47.9 Å². The van der Waals surface area contributed by atoms with Gasteiger partial charge >= 0.3 is 6.18 Å². The lowest BCUT2D eigenvalue weighted by Crippen LogP contribution is -2.56. The van der Waals surface area contributed by atoms with Gasteiger partial charge in [-0.15, -0.1) is 0 Å². The molecular weight excluding hydrogens is 379 g/mol. The topological polar surface area (TPSA) is 47.3 Å². The molecule has 1 aromatic carbocycles. The van der Waals surface area contributed by atoms with Gasteiger partial charge < -0.3 is 4.90 Å². The third kappa shape index (κ3) is 4.28. The zero-order valence-corrected chi connectivity index (χ0v) is 17.0. The highest BCUT2D eigenvalue weighted by Crippen LogP contribution is 2.44. The van der Waals surface area contributed by atoms with Gasteiger partial charge in [0.25, 0.3) is 0 Å². The highest BCUT2D eigenvalue weighted by molar-refractivity contribution is 5.89. The van der Waals surface area contributed by atoms with Gasteiger partial charge in [-0.05, 0) is 30.4 Å². The van der Waals surface area contributed by atoms with E-state index in [2.05, 4.69) is 11.0 Å². The maximum Gasteiger partial charge on any atom is 0.416 e. The first kappa shape index (κ1) is 21.6. The molecule has 7 heteroatoms. The Morgan fingerprint density at radius 3 is 2.28 bits per heavy atom. The van der Waals surface area contributed by atoms with Crippen LogP contribution in [0.15, 0.2) is 24.3 Å². The SMILES string of the molecule is CC(C)C(C#N)N1CCN(C(=O)C2(c3cccc(C(F)(F)F)c3)CCCC2)CC1. The van der Waals surface area contributed by atoms with Crippen LogP contribution in [0, 0.1) is 17.2 Å². The molecule has 29 heavy (non-hydrogen) atoms. The molecule has 4 nitrogen and oxygen atoms in total. The Morgan fingerprint density at radius 1 is 1.14 bits per heavy atom. The van der Waals surface area contributed by atoms with Crippen molar-refractivity contribution in [2.24, 2.45) is 5.92 Å². The minimum absolute atomic E-state index is 0.0629. The predicted octanol–water partition coefficient (Wildman–Crippen LogP) is 4.21. The van der Waals surface area contributed by atoms with Crippen LogP contribution in [0.2, 0.25) is 0 Å². The first-order chi connectivity index (χ1) is 13.7. The van der Waals surface area contributed by atoms with E-state index in [-0.39, 0.29) is 17.9 Å². The van der Waals surface area contributed by atoms with E-state index in [0.29, 0.717) is 44.6 Å². The smallest absolute Gasteiger partial charge is 0.339 e. The molecule has 2 aliphatic rings. The fourth-order valence-electron chi connectivity index (χ4n) is 4.76. The molecule has 1 aromatic rings. The van der Waals surface area contributed by atoms with Crippen LogP contribution in [0.25, 0.3) is 0 Å². The third-order valence-corrected chi connectivity index (χ3v) is 6.37. The fourth-order valence-corrected chi connectivity index (χ4v) is 4.76. The Kier molecular flexibility index (Phi) is 6.23. The van der Waals surface area contributed by atoms with Crippen LogP contribution in [0.3, 0.4) is 0 Å². The summed E-state index contributed by atoms with van der Waals surface area (Å²) >= 11 is 0. The van der Waals surface area contributed by atoms with Gasteiger partial charge in [-0.25, -0.2) is 0 Å². The Labute approximate surface area is 170 Å². The van der Waals surface area contributed by atoms with Crippen molar-refractivity contribution in [3.63, 3.8) is 0 Å². The van der Waals surface area contributed by atoms with Gasteiger partial charge in [0, 0.05) is 26.2 Å². The van der Waals surface area contributed by atoms with Gasteiger partial charge in [0.1, 0.15) is 6.04 Å². The Bertz CT molecular complexity index is 770. The first-order valence-corrected chi connectivity index (χ1v) is 10.3. The number of carbonyl (C=O) groups excluding carboxylic acids is 1. The number of rotatable bonds is 4. The zero-order chi connectivity index (χ0) is 21.2. The van der Waals surface area contributed by atoms with Crippen LogP contribution in [0.5, 0.6) is 0 Å². The van der Waals surface area contributed by atoms with E-state index in [1.165, 1.54) is 6.07 Å². The van der Waals surface area contributed by atoms with Crippen molar-refractivity contribution in [3.05, 3.63) is 35.4 Å². The van der Waals surface area contributed by atoms with Gasteiger partial charge in [-0.1, -0.05) is 44.9 Å². The monoisotopic (exact) mass is 407 g/mol. The lowest BCUT2D eigenvalue weighted by Gasteiger charge is -2.42. The molecule has 3 rings (SSSR count). The van der Waals surface area contributed by atoms with Crippen molar-refractivity contribution in [1.29, 1.82) is 5.26 Å². The molecule has 1 aliphatic carbocycles. The quantitative estimate of drug-likeness (QED) is 0.751. The molecule has 0 radical (unpaired) electrons. The van der Waals surface area contributed by atoms with Crippen molar-refractivity contribution >= 4 is 5.91 Å². The average molecular weight is 407 g/mol. The number of benzene rings is 1. The molecule has 1 heterocycles. The molecule has 1 atom stereocenters. The molecule has 1 unspecified atom stereocenters. The molecule has 2 fully saturated rings. The summed E-state index contributed by atoms with van der Waals surface area (Å²) in [6, 6.07) is 7.44. The standard InChI is InChI=1S/C22H28F3N3O/c1-16(2)19(15-26)27-10-12-28(13-11-27)20(29)21(8-3-4-9-21)17-6-5-7-18(14-17)22(23,24)25/h5-7,14,16,19H,3-4,8-13H2,1-2H3. The lowest BCUT2D eigenvalue weighted by atomic mass is 9.76. The largest absolute Gasteiger partial charge is 0.416 e. The second-order valence-corrected chi connectivity index (χ2v) is 8.51. The number of amides is 1. The van der Waals surface area contributed by atoms with Crippen LogP contribution in [-0.2, 0) is 16.4 Å². The van der Waals surface area contributed by atoms with Gasteiger partial charge in [0.05, 0.1) is 17.0 Å². The number of hydrogen-bond acceptors (Lipinski definition) is 3. The number of carbonyl (C=O) groups is 1. The van der Waals surface area contributed by atoms with Crippen molar-refractivity contribution < 1.29 is 18.0 Å². The van der Waals surface area contributed by atoms with E-state index in [9.17, 15) is 23.2 Å². The Hall–Kier alpha value is -2.07. The van der Waals surface area contributed by atoms with Crippen molar-refractivity contribution in [2.45, 2.75) is 57.2 Å². The summed E-state index contributed by atoms with van der Waals surface area (Å²) in [5.41, 5.74) is -1.09. The molecule has 1 saturated carbocycles. The summed E-state index contributed by atoms with van der Waals surface area (Å²) in [4.78, 5) is 17.4. The van der Waals surface area contributed by atoms with Gasteiger partial charge in [-0.2, -0.15) is 18.4 Å². The summed E-state index contributed by atoms with van der Waals surface area (Å²) in [6.07, 6.45) is -1.58. The number of alkyl halides is 3. The molecule has 1 saturated heterocycles. The third-order valence-electron chi connectivity index (χ3n) is 6.37. The van der Waals surface area contributed by atoms with Crippen molar-refractivity contribution in [2.75, 3.05) is 26.2 Å². The lowest BCUT2D eigenvalue weighted by molar-refractivity contribution is -0.140. The van der Waals surface area contributed by atoms with E-state index in [1.54, 1.807) is 11.0 Å². The molecule has 1 amide bonds. The summed E-state index contributed by atoms with van der Waals surface area (Å²) in [5.74, 6) is 0.139. The second kappa shape index (κ2) is 8.35. The molecule has 0 bridgehead atoms. The Morgan fingerprint density at radius 2 is 1.76 bits per heavy atom. The van der Waals surface area contributed by atoms with Gasteiger partial charge in [0.2, 0.25) is 5.91 Å². The highest BCUT2D eigenvalue weighted by Gasteiger charge is 2.46. The first-order valence-electron chi connectivity index (χ1n) is 10.3. The maximum absolute atomic E-state index is 13.5.